The Kier molecular flexibility index (Phi) is 5.34. The van der Waals surface area contributed by atoms with Gasteiger partial charge in [-0.15, -0.1) is 0 Å². The third-order valence-corrected chi connectivity index (χ3v) is 6.18. The van der Waals surface area contributed by atoms with E-state index in [0.29, 0.717) is 36.7 Å². The molecule has 2 aromatic heterocycles. The maximum Gasteiger partial charge on any atom is 0.296 e. The van der Waals surface area contributed by atoms with Crippen LogP contribution in [0.4, 0.5) is 0 Å². The molecular formula is C27H24N2O4. The SMILES string of the molecule is COc1cc2c(cc1OC)CN(C(=O)C(=O)c1c(-c3ccccc3)cc3ccccn13)CC2. The topological polar surface area (TPSA) is 60.2 Å². The minimum atomic E-state index is -0.510. The molecule has 0 N–H and O–H groups in total. The monoisotopic (exact) mass is 440 g/mol. The van der Waals surface area contributed by atoms with Crippen molar-refractivity contribution in [2.45, 2.75) is 13.0 Å². The smallest absolute Gasteiger partial charge is 0.296 e. The summed E-state index contributed by atoms with van der Waals surface area (Å²) in [5.41, 5.74) is 4.97. The molecule has 5 rings (SSSR count). The number of benzene rings is 2. The standard InChI is InChI=1S/C27H24N2O4/c1-32-23-14-19-11-13-28(17-20(19)15-24(23)33-2)27(31)26(30)25-22(18-8-4-3-5-9-18)16-21-10-6-7-12-29(21)25/h3-10,12,14-16H,11,13,17H2,1-2H3. The molecule has 1 aliphatic rings. The molecule has 3 heterocycles. The van der Waals surface area contributed by atoms with Gasteiger partial charge < -0.3 is 18.8 Å². The number of fused-ring (bicyclic) bond motifs is 2. The van der Waals surface area contributed by atoms with Crippen LogP contribution in [0.2, 0.25) is 0 Å². The number of carbonyl (C=O) groups excluding carboxylic acids is 2. The molecule has 1 aliphatic heterocycles. The van der Waals surface area contributed by atoms with E-state index in [-0.39, 0.29) is 0 Å². The lowest BCUT2D eigenvalue weighted by molar-refractivity contribution is -0.127. The Morgan fingerprint density at radius 1 is 0.848 bits per heavy atom. The average molecular weight is 440 g/mol. The second kappa shape index (κ2) is 8.47. The molecule has 6 heteroatoms. The van der Waals surface area contributed by atoms with E-state index in [1.54, 1.807) is 23.5 Å². The van der Waals surface area contributed by atoms with Gasteiger partial charge in [-0.1, -0.05) is 36.4 Å². The number of amides is 1. The highest BCUT2D eigenvalue weighted by Crippen LogP contribution is 2.34. The van der Waals surface area contributed by atoms with Gasteiger partial charge in [0.25, 0.3) is 11.7 Å². The van der Waals surface area contributed by atoms with Crippen LogP contribution in [0.25, 0.3) is 16.6 Å². The molecule has 0 unspecified atom stereocenters. The largest absolute Gasteiger partial charge is 0.493 e. The summed E-state index contributed by atoms with van der Waals surface area (Å²) in [5.74, 6) is 0.264. The summed E-state index contributed by atoms with van der Waals surface area (Å²) in [6.07, 6.45) is 2.47. The lowest BCUT2D eigenvalue weighted by Crippen LogP contribution is -2.40. The second-order valence-corrected chi connectivity index (χ2v) is 8.05. The predicted molar refractivity (Wildman–Crippen MR) is 126 cm³/mol. The molecule has 0 fully saturated rings. The molecule has 0 spiro atoms. The highest BCUT2D eigenvalue weighted by Gasteiger charge is 2.31. The zero-order valence-corrected chi connectivity index (χ0v) is 18.6. The van der Waals surface area contributed by atoms with Crippen LogP contribution in [0.15, 0.2) is 72.9 Å². The fourth-order valence-electron chi connectivity index (χ4n) is 4.49. The number of hydrogen-bond acceptors (Lipinski definition) is 4. The number of ether oxygens (including phenoxy) is 2. The van der Waals surface area contributed by atoms with Crippen molar-refractivity contribution in [3.63, 3.8) is 0 Å². The number of carbonyl (C=O) groups is 2. The maximum absolute atomic E-state index is 13.6. The Hall–Kier alpha value is -4.06. The van der Waals surface area contributed by atoms with Gasteiger partial charge in [0.1, 0.15) is 5.69 Å². The van der Waals surface area contributed by atoms with Crippen molar-refractivity contribution < 1.29 is 19.1 Å². The van der Waals surface area contributed by atoms with Crippen molar-refractivity contribution in [3.8, 4) is 22.6 Å². The van der Waals surface area contributed by atoms with E-state index < -0.39 is 11.7 Å². The molecule has 0 aliphatic carbocycles. The van der Waals surface area contributed by atoms with Crippen molar-refractivity contribution in [1.29, 1.82) is 0 Å². The quantitative estimate of drug-likeness (QED) is 0.341. The number of rotatable bonds is 5. The van der Waals surface area contributed by atoms with Crippen LogP contribution in [0.3, 0.4) is 0 Å². The van der Waals surface area contributed by atoms with Gasteiger partial charge in [-0.25, -0.2) is 0 Å². The van der Waals surface area contributed by atoms with Gasteiger partial charge in [-0.3, -0.25) is 9.59 Å². The zero-order valence-electron chi connectivity index (χ0n) is 18.6. The third-order valence-electron chi connectivity index (χ3n) is 6.18. The molecule has 1 amide bonds. The van der Waals surface area contributed by atoms with E-state index in [9.17, 15) is 9.59 Å². The minimum Gasteiger partial charge on any atom is -0.493 e. The summed E-state index contributed by atoms with van der Waals surface area (Å²) < 4.78 is 12.6. The van der Waals surface area contributed by atoms with Crippen LogP contribution >= 0.6 is 0 Å². The van der Waals surface area contributed by atoms with Gasteiger partial charge in [-0.05, 0) is 53.4 Å². The summed E-state index contributed by atoms with van der Waals surface area (Å²) >= 11 is 0. The third kappa shape index (κ3) is 3.63. The van der Waals surface area contributed by atoms with E-state index in [2.05, 4.69) is 0 Å². The van der Waals surface area contributed by atoms with Crippen molar-refractivity contribution in [2.24, 2.45) is 0 Å². The molecule has 166 valence electrons. The van der Waals surface area contributed by atoms with Gasteiger partial charge in [0, 0.05) is 30.4 Å². The summed E-state index contributed by atoms with van der Waals surface area (Å²) in [4.78, 5) is 28.6. The van der Waals surface area contributed by atoms with Crippen molar-refractivity contribution >= 4 is 17.2 Å². The number of aromatic nitrogens is 1. The lowest BCUT2D eigenvalue weighted by atomic mass is 9.97. The van der Waals surface area contributed by atoms with Gasteiger partial charge >= 0.3 is 0 Å². The van der Waals surface area contributed by atoms with Crippen molar-refractivity contribution in [2.75, 3.05) is 20.8 Å². The summed E-state index contributed by atoms with van der Waals surface area (Å²) in [5, 5.41) is 0. The number of ketones is 1. The van der Waals surface area contributed by atoms with E-state index >= 15 is 0 Å². The predicted octanol–water partition coefficient (Wildman–Crippen LogP) is 4.39. The molecule has 0 saturated heterocycles. The van der Waals surface area contributed by atoms with Crippen LogP contribution in [0, 0.1) is 0 Å². The second-order valence-electron chi connectivity index (χ2n) is 8.05. The first-order valence-electron chi connectivity index (χ1n) is 10.8. The molecule has 2 aromatic carbocycles. The molecule has 0 saturated carbocycles. The van der Waals surface area contributed by atoms with Crippen LogP contribution in [0.5, 0.6) is 11.5 Å². The van der Waals surface area contributed by atoms with E-state index in [1.807, 2.05) is 72.9 Å². The minimum absolute atomic E-state index is 0.351. The summed E-state index contributed by atoms with van der Waals surface area (Å²) in [6.45, 7) is 0.821. The van der Waals surface area contributed by atoms with E-state index in [4.69, 9.17) is 9.47 Å². The van der Waals surface area contributed by atoms with Gasteiger partial charge in [0.15, 0.2) is 11.5 Å². The molecule has 0 bridgehead atoms. The Balaban J connectivity index is 1.51. The number of Topliss-reactive ketones (excluding diaryl/α,β-unsaturated/α-hetero) is 1. The summed E-state index contributed by atoms with van der Waals surface area (Å²) in [6, 6.07) is 21.2. The molecular weight excluding hydrogens is 416 g/mol. The lowest BCUT2D eigenvalue weighted by Gasteiger charge is -2.29. The normalized spacial score (nSPS) is 13.0. The fourth-order valence-corrected chi connectivity index (χ4v) is 4.49. The number of pyridine rings is 1. The first kappa shape index (κ1) is 20.8. The van der Waals surface area contributed by atoms with Crippen LogP contribution in [-0.2, 0) is 17.8 Å². The first-order valence-corrected chi connectivity index (χ1v) is 10.8. The van der Waals surface area contributed by atoms with E-state index in [1.165, 1.54) is 0 Å². The highest BCUT2D eigenvalue weighted by atomic mass is 16.5. The highest BCUT2D eigenvalue weighted by molar-refractivity contribution is 6.43. The molecule has 33 heavy (non-hydrogen) atoms. The Morgan fingerprint density at radius 2 is 1.55 bits per heavy atom. The van der Waals surface area contributed by atoms with Crippen molar-refractivity contribution in [1.82, 2.24) is 9.30 Å². The Bertz CT molecular complexity index is 1360. The van der Waals surface area contributed by atoms with Crippen molar-refractivity contribution in [3.05, 3.63) is 89.7 Å². The van der Waals surface area contributed by atoms with Gasteiger partial charge in [0.2, 0.25) is 0 Å². The Morgan fingerprint density at radius 3 is 2.27 bits per heavy atom. The molecule has 6 nitrogen and oxygen atoms in total. The number of methoxy groups -OCH3 is 2. The Labute approximate surface area is 192 Å². The molecule has 0 radical (unpaired) electrons. The van der Waals surface area contributed by atoms with Crippen LogP contribution < -0.4 is 9.47 Å². The molecule has 0 atom stereocenters. The maximum atomic E-state index is 13.6. The number of nitrogens with zero attached hydrogens (tertiary/aromatic N) is 2. The zero-order chi connectivity index (χ0) is 22.9. The van der Waals surface area contributed by atoms with E-state index in [0.717, 1.165) is 27.8 Å². The van der Waals surface area contributed by atoms with Crippen LogP contribution in [-0.4, -0.2) is 41.8 Å². The number of hydrogen-bond donors (Lipinski definition) is 0. The van der Waals surface area contributed by atoms with Gasteiger partial charge in [0.05, 0.1) is 14.2 Å². The van der Waals surface area contributed by atoms with Gasteiger partial charge in [-0.2, -0.15) is 0 Å². The first-order chi connectivity index (χ1) is 16.1. The average Bonchev–Trinajstić information content (AvgIpc) is 3.26. The summed E-state index contributed by atoms with van der Waals surface area (Å²) in [7, 11) is 3.19. The van der Waals surface area contributed by atoms with Crippen LogP contribution in [0.1, 0.15) is 21.6 Å². The fraction of sp³-hybridized carbons (Fsp3) is 0.185. The molecule has 4 aromatic rings.